The summed E-state index contributed by atoms with van der Waals surface area (Å²) in [5.41, 5.74) is 2.78. The summed E-state index contributed by atoms with van der Waals surface area (Å²) in [6, 6.07) is 3.11. The summed E-state index contributed by atoms with van der Waals surface area (Å²) in [4.78, 5) is 22.2. The van der Waals surface area contributed by atoms with Crippen LogP contribution in [0, 0.1) is 12.7 Å². The first-order chi connectivity index (χ1) is 12.9. The van der Waals surface area contributed by atoms with E-state index in [0.717, 1.165) is 22.2 Å². The lowest BCUT2D eigenvalue weighted by Crippen LogP contribution is -2.27. The highest BCUT2D eigenvalue weighted by Crippen LogP contribution is 2.36. The predicted octanol–water partition coefficient (Wildman–Crippen LogP) is 3.35. The molecule has 0 radical (unpaired) electrons. The highest BCUT2D eigenvalue weighted by molar-refractivity contribution is 14.2. The van der Waals surface area contributed by atoms with Crippen LogP contribution in [0.15, 0.2) is 12.1 Å². The van der Waals surface area contributed by atoms with Crippen LogP contribution in [0.1, 0.15) is 18.2 Å². The third-order valence-electron chi connectivity index (χ3n) is 3.97. The largest absolute Gasteiger partial charge is 0.489 e. The molecule has 1 aromatic heterocycles. The number of methoxy groups -OCH3 is 1. The van der Waals surface area contributed by atoms with Crippen molar-refractivity contribution in [3.05, 3.63) is 29.2 Å². The summed E-state index contributed by atoms with van der Waals surface area (Å²) >= 11 is 2.15. The molecular weight excluding hydrogens is 488 g/mol. The number of carbonyl (C=O) groups is 2. The van der Waals surface area contributed by atoms with Crippen LogP contribution >= 0.6 is 30.3 Å². The van der Waals surface area contributed by atoms with E-state index in [9.17, 15) is 14.0 Å². The zero-order chi connectivity index (χ0) is 20.0. The smallest absolute Gasteiger partial charge is 0.406 e. The van der Waals surface area contributed by atoms with Gasteiger partial charge >= 0.3 is 6.09 Å². The molecule has 10 heteroatoms. The lowest BCUT2D eigenvalue weighted by molar-refractivity contribution is -0.118. The number of aromatic nitrogens is 1. The van der Waals surface area contributed by atoms with Crippen LogP contribution in [0.25, 0.3) is 10.9 Å². The van der Waals surface area contributed by atoms with Gasteiger partial charge in [0.25, 0.3) is 0 Å². The van der Waals surface area contributed by atoms with Gasteiger partial charge in [0, 0.05) is 60.9 Å². The number of nitrogens with one attached hydrogen (secondary N) is 2. The molecule has 0 saturated heterocycles. The molecule has 0 unspecified atom stereocenters. The average molecular weight is 509 g/mol. The molecule has 27 heavy (non-hydrogen) atoms. The third kappa shape index (κ3) is 5.41. The van der Waals surface area contributed by atoms with Crippen LogP contribution in [-0.2, 0) is 16.0 Å². The lowest BCUT2D eigenvalue weighted by atomic mass is 10.1. The second-order valence-electron chi connectivity index (χ2n) is 5.73. The number of rotatable bonds is 8. The quantitative estimate of drug-likeness (QED) is 0.422. The highest BCUT2D eigenvalue weighted by Gasteiger charge is 2.18. The Labute approximate surface area is 173 Å². The number of nitrogens with zero attached hydrogens (tertiary/aromatic N) is 1. The first kappa shape index (κ1) is 21.6. The minimum absolute atomic E-state index is 0.0900. The van der Waals surface area contributed by atoms with Crippen molar-refractivity contribution in [1.82, 2.24) is 14.6 Å². The van der Waals surface area contributed by atoms with E-state index in [-0.39, 0.29) is 24.8 Å². The number of hydrogen-bond acceptors (Lipinski definition) is 5. The van der Waals surface area contributed by atoms with E-state index in [1.807, 2.05) is 10.9 Å². The summed E-state index contributed by atoms with van der Waals surface area (Å²) in [7, 11) is 2.73. The Hall–Kier alpha value is -1.69. The Kier molecular flexibility index (Phi) is 8.02. The fraction of sp³-hybridized carbons (Fsp3) is 0.412. The van der Waals surface area contributed by atoms with E-state index >= 15 is 0 Å². The Morgan fingerprint density at radius 3 is 2.67 bits per heavy atom. The van der Waals surface area contributed by atoms with Gasteiger partial charge in [0.2, 0.25) is 5.91 Å². The topological polar surface area (TPSA) is 81.6 Å². The molecule has 148 valence electrons. The second-order valence-corrected chi connectivity index (χ2v) is 7.41. The third-order valence-corrected chi connectivity index (χ3v) is 5.76. The van der Waals surface area contributed by atoms with Crippen molar-refractivity contribution >= 4 is 53.2 Å². The monoisotopic (exact) mass is 509 g/mol. The van der Waals surface area contributed by atoms with Crippen LogP contribution in [-0.4, -0.2) is 42.8 Å². The zero-order valence-corrected chi connectivity index (χ0v) is 18.2. The van der Waals surface area contributed by atoms with E-state index in [1.165, 1.54) is 29.2 Å². The van der Waals surface area contributed by atoms with Gasteiger partial charge in [0.05, 0.1) is 19.2 Å². The number of ether oxygens (including phenoxy) is 2. The molecule has 0 fully saturated rings. The van der Waals surface area contributed by atoms with Crippen molar-refractivity contribution < 1.29 is 23.5 Å². The van der Waals surface area contributed by atoms with Crippen LogP contribution in [0.5, 0.6) is 5.75 Å². The fourth-order valence-electron chi connectivity index (χ4n) is 2.72. The van der Waals surface area contributed by atoms with Gasteiger partial charge in [0.15, 0.2) is 11.6 Å². The van der Waals surface area contributed by atoms with Gasteiger partial charge < -0.3 is 20.1 Å². The highest BCUT2D eigenvalue weighted by atomic mass is 127. The maximum absolute atomic E-state index is 14.5. The van der Waals surface area contributed by atoms with Gasteiger partial charge in [-0.2, -0.15) is 0 Å². The first-order valence-corrected chi connectivity index (χ1v) is 11.5. The molecule has 7 nitrogen and oxygen atoms in total. The van der Waals surface area contributed by atoms with Gasteiger partial charge in [-0.1, -0.05) is 0 Å². The summed E-state index contributed by atoms with van der Waals surface area (Å²) in [6.07, 6.45) is 0.0581. The molecule has 0 bridgehead atoms. The Bertz CT molecular complexity index is 843. The molecule has 0 aliphatic carbocycles. The van der Waals surface area contributed by atoms with E-state index in [1.54, 1.807) is 6.07 Å². The van der Waals surface area contributed by atoms with Crippen LogP contribution < -0.4 is 15.4 Å². The Morgan fingerprint density at radius 1 is 1.30 bits per heavy atom. The number of carbonyl (C=O) groups excluding carboxylic acids is 2. The van der Waals surface area contributed by atoms with Gasteiger partial charge in [-0.15, -0.1) is 0 Å². The minimum atomic E-state index is -0.568. The maximum atomic E-state index is 14.5. The first-order valence-electron chi connectivity index (χ1n) is 8.20. The van der Waals surface area contributed by atoms with Crippen molar-refractivity contribution in [3.8, 4) is 5.75 Å². The second kappa shape index (κ2) is 10.0. The standard InChI is InChI=1S/C17H21FIN3O4S/c1-10-12(4-5-20-11(2)23)13-8-16(26-7-6-21-17(24)25-3)14(18)9-15(13)22(10)27-19/h8-9H,4-7H2,1-3H3,(H,20,23)(H,21,24). The van der Waals surface area contributed by atoms with Gasteiger partial charge in [-0.3, -0.25) is 8.77 Å². The number of hydrogen-bond donors (Lipinski definition) is 2. The predicted molar refractivity (Wildman–Crippen MR) is 112 cm³/mol. The molecule has 2 rings (SSSR count). The molecule has 0 atom stereocenters. The molecule has 0 saturated carbocycles. The van der Waals surface area contributed by atoms with E-state index in [0.29, 0.717) is 13.0 Å². The molecule has 1 aromatic carbocycles. The minimum Gasteiger partial charge on any atom is -0.489 e. The molecule has 1 heterocycles. The molecule has 0 aliphatic rings. The van der Waals surface area contributed by atoms with Crippen LogP contribution in [0.4, 0.5) is 9.18 Å². The van der Waals surface area contributed by atoms with Crippen molar-refractivity contribution in [2.24, 2.45) is 0 Å². The SMILES string of the molecule is COC(=O)NCCOc1cc2c(CCNC(C)=O)c(C)n(SI)c2cc1F. The number of benzene rings is 1. The zero-order valence-electron chi connectivity index (χ0n) is 15.2. The number of amides is 2. The number of alkyl carbamates (subject to hydrolysis) is 1. The number of fused-ring (bicyclic) bond motifs is 1. The van der Waals surface area contributed by atoms with Crippen molar-refractivity contribution in [1.29, 1.82) is 0 Å². The summed E-state index contributed by atoms with van der Waals surface area (Å²) in [5.74, 6) is -0.448. The molecule has 2 aromatic rings. The van der Waals surface area contributed by atoms with Crippen molar-refractivity contribution in [2.75, 3.05) is 26.8 Å². The summed E-state index contributed by atoms with van der Waals surface area (Å²) in [6.45, 7) is 4.24. The van der Waals surface area contributed by atoms with E-state index < -0.39 is 11.9 Å². The van der Waals surface area contributed by atoms with Crippen LogP contribution in [0.2, 0.25) is 0 Å². The summed E-state index contributed by atoms with van der Waals surface area (Å²) in [5, 5.41) is 6.13. The Balaban J connectivity index is 2.25. The lowest BCUT2D eigenvalue weighted by Gasteiger charge is -2.09. The molecule has 0 aliphatic heterocycles. The van der Waals surface area contributed by atoms with Gasteiger partial charge in [-0.25, -0.2) is 9.18 Å². The van der Waals surface area contributed by atoms with Crippen molar-refractivity contribution in [3.63, 3.8) is 0 Å². The normalized spacial score (nSPS) is 10.7. The molecule has 0 spiro atoms. The fourth-order valence-corrected chi connectivity index (χ4v) is 4.68. The van der Waals surface area contributed by atoms with E-state index in [2.05, 4.69) is 36.6 Å². The van der Waals surface area contributed by atoms with Crippen LogP contribution in [0.3, 0.4) is 0 Å². The Morgan fingerprint density at radius 2 is 2.04 bits per heavy atom. The molecular formula is C17H21FIN3O4S. The van der Waals surface area contributed by atoms with E-state index in [4.69, 9.17) is 4.74 Å². The average Bonchev–Trinajstić information content (AvgIpc) is 2.88. The van der Waals surface area contributed by atoms with Crippen molar-refractivity contribution in [2.45, 2.75) is 20.3 Å². The number of halogens is 2. The molecule has 2 amide bonds. The summed E-state index contributed by atoms with van der Waals surface area (Å²) < 4.78 is 26.4. The maximum Gasteiger partial charge on any atom is 0.406 e. The van der Waals surface area contributed by atoms with Gasteiger partial charge in [-0.05, 0) is 25.0 Å². The van der Waals surface area contributed by atoms with Gasteiger partial charge in [0.1, 0.15) is 6.61 Å². The molecule has 2 N–H and O–H groups in total.